The molecule has 4 heteroatoms. The first kappa shape index (κ1) is 11.4. The molecule has 2 rings (SSSR count). The molecule has 0 fully saturated rings. The van der Waals surface area contributed by atoms with E-state index in [2.05, 4.69) is 30.1 Å². The predicted octanol–water partition coefficient (Wildman–Crippen LogP) is 2.45. The van der Waals surface area contributed by atoms with E-state index < -0.39 is 0 Å². The number of amidine groups is 1. The molecule has 0 radical (unpaired) electrons. The molecule has 0 aliphatic carbocycles. The van der Waals surface area contributed by atoms with Crippen LogP contribution in [0.15, 0.2) is 35.6 Å². The Morgan fingerprint density at radius 1 is 1.35 bits per heavy atom. The summed E-state index contributed by atoms with van der Waals surface area (Å²) >= 11 is 0. The Bertz CT molecular complexity index is 576. The van der Waals surface area contributed by atoms with Crippen molar-refractivity contribution in [3.63, 3.8) is 0 Å². The minimum Gasteiger partial charge on any atom is -0.409 e. The lowest BCUT2D eigenvalue weighted by atomic mass is 9.99. The third-order valence-electron chi connectivity index (χ3n) is 2.81. The molecule has 1 heterocycles. The van der Waals surface area contributed by atoms with Gasteiger partial charge >= 0.3 is 0 Å². The predicted molar refractivity (Wildman–Crippen MR) is 68.3 cm³/mol. The maximum Gasteiger partial charge on any atom is 0.189 e. The number of oxime groups is 1. The summed E-state index contributed by atoms with van der Waals surface area (Å²) in [5.41, 5.74) is 7.35. The molecule has 0 amide bonds. The van der Waals surface area contributed by atoms with Crippen LogP contribution in [0.4, 0.5) is 0 Å². The number of nitrogens with zero attached hydrogens (tertiary/aromatic N) is 2. The Morgan fingerprint density at radius 2 is 2.12 bits per heavy atom. The molecule has 0 spiro atoms. The van der Waals surface area contributed by atoms with Crippen LogP contribution in [0.2, 0.25) is 0 Å². The van der Waals surface area contributed by atoms with E-state index in [-0.39, 0.29) is 5.84 Å². The van der Waals surface area contributed by atoms with Gasteiger partial charge in [-0.25, -0.2) is 0 Å². The average molecular weight is 229 g/mol. The number of rotatable bonds is 2. The SMILES string of the molecule is CC(C)c1ccc2ccnc(/C(N)=N/O)c2c1. The molecule has 0 bridgehead atoms. The summed E-state index contributed by atoms with van der Waals surface area (Å²) in [5, 5.41) is 13.7. The fraction of sp³-hybridized carbons (Fsp3) is 0.231. The van der Waals surface area contributed by atoms with Crippen LogP contribution in [0.3, 0.4) is 0 Å². The van der Waals surface area contributed by atoms with Crippen LogP contribution in [-0.4, -0.2) is 16.0 Å². The van der Waals surface area contributed by atoms with Crippen LogP contribution in [0, 0.1) is 0 Å². The lowest BCUT2D eigenvalue weighted by Gasteiger charge is -2.09. The zero-order valence-electron chi connectivity index (χ0n) is 9.88. The highest BCUT2D eigenvalue weighted by atomic mass is 16.4. The Labute approximate surface area is 99.8 Å². The number of pyridine rings is 1. The van der Waals surface area contributed by atoms with Gasteiger partial charge in [0.25, 0.3) is 0 Å². The van der Waals surface area contributed by atoms with E-state index in [0.29, 0.717) is 11.6 Å². The molecular formula is C13H15N3O. The molecule has 1 aromatic heterocycles. The van der Waals surface area contributed by atoms with Gasteiger partial charge in [0.1, 0.15) is 5.69 Å². The summed E-state index contributed by atoms with van der Waals surface area (Å²) < 4.78 is 0. The van der Waals surface area contributed by atoms with Gasteiger partial charge in [0, 0.05) is 11.6 Å². The summed E-state index contributed by atoms with van der Waals surface area (Å²) in [7, 11) is 0. The fourth-order valence-electron chi connectivity index (χ4n) is 1.80. The van der Waals surface area contributed by atoms with Crippen molar-refractivity contribution in [2.24, 2.45) is 10.9 Å². The van der Waals surface area contributed by atoms with E-state index in [1.54, 1.807) is 6.20 Å². The average Bonchev–Trinajstić information content (AvgIpc) is 2.36. The molecule has 1 aromatic carbocycles. The highest BCUT2D eigenvalue weighted by molar-refractivity contribution is 6.07. The first-order valence-corrected chi connectivity index (χ1v) is 5.50. The number of benzene rings is 1. The maximum absolute atomic E-state index is 8.75. The van der Waals surface area contributed by atoms with Crippen LogP contribution in [0.5, 0.6) is 0 Å². The number of hydrogen-bond acceptors (Lipinski definition) is 3. The zero-order valence-corrected chi connectivity index (χ0v) is 9.88. The van der Waals surface area contributed by atoms with Gasteiger partial charge in [-0.3, -0.25) is 4.98 Å². The van der Waals surface area contributed by atoms with Crippen molar-refractivity contribution in [3.05, 3.63) is 41.7 Å². The Balaban J connectivity index is 2.72. The van der Waals surface area contributed by atoms with Crippen LogP contribution in [0.25, 0.3) is 10.8 Å². The number of hydrogen-bond donors (Lipinski definition) is 2. The summed E-state index contributed by atoms with van der Waals surface area (Å²) in [5.74, 6) is 0.469. The van der Waals surface area contributed by atoms with Crippen molar-refractivity contribution in [2.75, 3.05) is 0 Å². The molecule has 0 unspecified atom stereocenters. The van der Waals surface area contributed by atoms with E-state index >= 15 is 0 Å². The molecule has 88 valence electrons. The van der Waals surface area contributed by atoms with Crippen molar-refractivity contribution >= 4 is 16.6 Å². The Morgan fingerprint density at radius 3 is 2.76 bits per heavy atom. The molecular weight excluding hydrogens is 214 g/mol. The van der Waals surface area contributed by atoms with Crippen molar-refractivity contribution in [3.8, 4) is 0 Å². The van der Waals surface area contributed by atoms with E-state index in [9.17, 15) is 0 Å². The monoisotopic (exact) mass is 229 g/mol. The second-order valence-electron chi connectivity index (χ2n) is 4.28. The summed E-state index contributed by atoms with van der Waals surface area (Å²) in [6.07, 6.45) is 1.66. The minimum atomic E-state index is 0.0384. The van der Waals surface area contributed by atoms with Gasteiger partial charge in [-0.15, -0.1) is 0 Å². The van der Waals surface area contributed by atoms with Crippen LogP contribution in [0.1, 0.15) is 31.0 Å². The van der Waals surface area contributed by atoms with E-state index in [1.807, 2.05) is 18.2 Å². The summed E-state index contributed by atoms with van der Waals surface area (Å²) in [4.78, 5) is 4.16. The van der Waals surface area contributed by atoms with Crippen LogP contribution < -0.4 is 5.73 Å². The molecule has 0 saturated carbocycles. The Kier molecular flexibility index (Phi) is 2.95. The number of aromatic nitrogens is 1. The molecule has 0 atom stereocenters. The Hall–Kier alpha value is -2.10. The smallest absolute Gasteiger partial charge is 0.189 e. The van der Waals surface area contributed by atoms with E-state index in [1.165, 1.54) is 5.56 Å². The first-order valence-electron chi connectivity index (χ1n) is 5.50. The topological polar surface area (TPSA) is 71.5 Å². The van der Waals surface area contributed by atoms with Gasteiger partial charge in [-0.05, 0) is 29.0 Å². The molecule has 4 nitrogen and oxygen atoms in total. The van der Waals surface area contributed by atoms with Crippen LogP contribution in [-0.2, 0) is 0 Å². The van der Waals surface area contributed by atoms with E-state index in [0.717, 1.165) is 10.8 Å². The van der Waals surface area contributed by atoms with Gasteiger partial charge in [0.05, 0.1) is 0 Å². The number of nitrogens with two attached hydrogens (primary N) is 1. The normalized spacial score (nSPS) is 12.3. The van der Waals surface area contributed by atoms with Gasteiger partial charge in [0.2, 0.25) is 0 Å². The van der Waals surface area contributed by atoms with Crippen molar-refractivity contribution in [1.29, 1.82) is 0 Å². The molecule has 17 heavy (non-hydrogen) atoms. The molecule has 3 N–H and O–H groups in total. The first-order chi connectivity index (χ1) is 8.13. The zero-order chi connectivity index (χ0) is 12.4. The van der Waals surface area contributed by atoms with Crippen molar-refractivity contribution in [1.82, 2.24) is 4.98 Å². The second-order valence-corrected chi connectivity index (χ2v) is 4.28. The van der Waals surface area contributed by atoms with Gasteiger partial charge in [-0.2, -0.15) is 0 Å². The van der Waals surface area contributed by atoms with Gasteiger partial charge in [-0.1, -0.05) is 31.1 Å². The fourth-order valence-corrected chi connectivity index (χ4v) is 1.80. The van der Waals surface area contributed by atoms with Crippen molar-refractivity contribution < 1.29 is 5.21 Å². The highest BCUT2D eigenvalue weighted by Crippen LogP contribution is 2.23. The highest BCUT2D eigenvalue weighted by Gasteiger charge is 2.08. The van der Waals surface area contributed by atoms with E-state index in [4.69, 9.17) is 10.9 Å². The standard InChI is InChI=1S/C13H15N3O/c1-8(2)10-4-3-9-5-6-15-12(11(9)7-10)13(14)16-17/h3-8,17H,1-2H3,(H2,14,16). The largest absolute Gasteiger partial charge is 0.409 e. The lowest BCUT2D eigenvalue weighted by molar-refractivity contribution is 0.318. The molecule has 0 aliphatic rings. The summed E-state index contributed by atoms with van der Waals surface area (Å²) in [6, 6.07) is 8.07. The number of fused-ring (bicyclic) bond motifs is 1. The van der Waals surface area contributed by atoms with Gasteiger partial charge in [0.15, 0.2) is 5.84 Å². The maximum atomic E-state index is 8.75. The summed E-state index contributed by atoms with van der Waals surface area (Å²) in [6.45, 7) is 4.25. The third kappa shape index (κ3) is 2.06. The lowest BCUT2D eigenvalue weighted by Crippen LogP contribution is -2.15. The second kappa shape index (κ2) is 4.41. The molecule has 0 saturated heterocycles. The van der Waals surface area contributed by atoms with Crippen molar-refractivity contribution in [2.45, 2.75) is 19.8 Å². The molecule has 2 aromatic rings. The van der Waals surface area contributed by atoms with Gasteiger partial charge < -0.3 is 10.9 Å². The molecule has 0 aliphatic heterocycles. The minimum absolute atomic E-state index is 0.0384. The third-order valence-corrected chi connectivity index (χ3v) is 2.81. The van der Waals surface area contributed by atoms with Crippen LogP contribution >= 0.6 is 0 Å². The quantitative estimate of drug-likeness (QED) is 0.359.